The Balaban J connectivity index is 0.00000392. The molecule has 0 aliphatic carbocycles. The standard InChI is InChI=1S/C20H30FN5O.HI/c1-5-22-20(24-13-18-12-19(15(2)3)25-27-18)23-10-11-26(4)14-16-6-8-17(21)9-7-16;/h6-9,12,15H,5,10-11,13-14H2,1-4H3,(H2,22,23,24);1H. The van der Waals surface area contributed by atoms with Gasteiger partial charge in [0.25, 0.3) is 0 Å². The minimum atomic E-state index is -0.207. The van der Waals surface area contributed by atoms with Gasteiger partial charge in [0.15, 0.2) is 11.7 Å². The Morgan fingerprint density at radius 2 is 1.96 bits per heavy atom. The molecule has 1 aromatic carbocycles. The van der Waals surface area contributed by atoms with Crippen molar-refractivity contribution in [2.45, 2.75) is 39.8 Å². The molecule has 0 aliphatic heterocycles. The molecule has 6 nitrogen and oxygen atoms in total. The molecule has 1 aromatic heterocycles. The summed E-state index contributed by atoms with van der Waals surface area (Å²) in [5.74, 6) is 1.64. The number of aromatic nitrogens is 1. The zero-order valence-corrected chi connectivity index (χ0v) is 19.4. The number of nitrogens with one attached hydrogen (secondary N) is 2. The molecule has 2 rings (SSSR count). The molecule has 0 saturated carbocycles. The maximum Gasteiger partial charge on any atom is 0.191 e. The smallest absolute Gasteiger partial charge is 0.191 e. The monoisotopic (exact) mass is 503 g/mol. The molecule has 1 heterocycles. The average molecular weight is 503 g/mol. The molecule has 28 heavy (non-hydrogen) atoms. The second kappa shape index (κ2) is 12.7. The summed E-state index contributed by atoms with van der Waals surface area (Å²) in [6.45, 7) is 9.77. The number of halogens is 2. The van der Waals surface area contributed by atoms with Crippen LogP contribution >= 0.6 is 24.0 Å². The van der Waals surface area contributed by atoms with Gasteiger partial charge in [-0.3, -0.25) is 0 Å². The first-order valence-electron chi connectivity index (χ1n) is 9.38. The van der Waals surface area contributed by atoms with Gasteiger partial charge < -0.3 is 20.1 Å². The average Bonchev–Trinajstić information content (AvgIpc) is 3.11. The first-order valence-corrected chi connectivity index (χ1v) is 9.38. The van der Waals surface area contributed by atoms with E-state index in [1.165, 1.54) is 12.1 Å². The molecule has 0 spiro atoms. The Morgan fingerprint density at radius 3 is 2.57 bits per heavy atom. The summed E-state index contributed by atoms with van der Waals surface area (Å²) in [7, 11) is 2.04. The fourth-order valence-electron chi connectivity index (χ4n) is 2.52. The van der Waals surface area contributed by atoms with Crippen molar-refractivity contribution in [1.29, 1.82) is 0 Å². The Morgan fingerprint density at radius 1 is 1.25 bits per heavy atom. The molecule has 0 radical (unpaired) electrons. The van der Waals surface area contributed by atoms with Crippen LogP contribution in [0.25, 0.3) is 0 Å². The van der Waals surface area contributed by atoms with Crippen molar-refractivity contribution in [2.24, 2.45) is 4.99 Å². The molecule has 156 valence electrons. The zero-order chi connectivity index (χ0) is 19.6. The number of likely N-dealkylation sites (N-methyl/N-ethyl adjacent to an activating group) is 1. The molecular weight excluding hydrogens is 472 g/mol. The maximum atomic E-state index is 13.0. The summed E-state index contributed by atoms with van der Waals surface area (Å²) in [5.41, 5.74) is 2.03. The largest absolute Gasteiger partial charge is 0.359 e. The van der Waals surface area contributed by atoms with E-state index < -0.39 is 0 Å². The summed E-state index contributed by atoms with van der Waals surface area (Å²) in [4.78, 5) is 6.72. The SMILES string of the molecule is CCNC(=NCc1cc(C(C)C)no1)NCCN(C)Cc1ccc(F)cc1.I. The van der Waals surface area contributed by atoms with E-state index in [0.717, 1.165) is 49.2 Å². The van der Waals surface area contributed by atoms with E-state index in [1.54, 1.807) is 0 Å². The van der Waals surface area contributed by atoms with Crippen LogP contribution in [0.2, 0.25) is 0 Å². The number of aliphatic imine (C=N–C) groups is 1. The summed E-state index contributed by atoms with van der Waals surface area (Å²) >= 11 is 0. The normalized spacial score (nSPS) is 11.6. The third-order valence-corrected chi connectivity index (χ3v) is 4.06. The molecule has 0 aliphatic rings. The minimum Gasteiger partial charge on any atom is -0.359 e. The van der Waals surface area contributed by atoms with Crippen LogP contribution in [0.4, 0.5) is 4.39 Å². The van der Waals surface area contributed by atoms with Crippen LogP contribution in [-0.4, -0.2) is 42.7 Å². The van der Waals surface area contributed by atoms with Crippen molar-refractivity contribution in [2.75, 3.05) is 26.7 Å². The van der Waals surface area contributed by atoms with E-state index in [0.29, 0.717) is 12.5 Å². The van der Waals surface area contributed by atoms with E-state index >= 15 is 0 Å². The van der Waals surface area contributed by atoms with Crippen molar-refractivity contribution in [1.82, 2.24) is 20.7 Å². The van der Waals surface area contributed by atoms with Crippen LogP contribution in [-0.2, 0) is 13.1 Å². The lowest BCUT2D eigenvalue weighted by atomic mass is 10.1. The first kappa shape index (κ1) is 24.4. The highest BCUT2D eigenvalue weighted by atomic mass is 127. The maximum absolute atomic E-state index is 13.0. The van der Waals surface area contributed by atoms with Crippen molar-refractivity contribution >= 4 is 29.9 Å². The van der Waals surface area contributed by atoms with Gasteiger partial charge in [-0.25, -0.2) is 9.38 Å². The summed E-state index contributed by atoms with van der Waals surface area (Å²) in [6, 6.07) is 8.56. The van der Waals surface area contributed by atoms with Crippen molar-refractivity contribution in [3.8, 4) is 0 Å². The van der Waals surface area contributed by atoms with Crippen LogP contribution < -0.4 is 10.6 Å². The second-order valence-corrected chi connectivity index (χ2v) is 6.86. The molecule has 0 atom stereocenters. The van der Waals surface area contributed by atoms with Gasteiger partial charge in [-0.05, 0) is 37.6 Å². The second-order valence-electron chi connectivity index (χ2n) is 6.86. The van der Waals surface area contributed by atoms with Gasteiger partial charge in [0, 0.05) is 32.2 Å². The molecule has 0 unspecified atom stereocenters. The minimum absolute atomic E-state index is 0. The Bertz CT molecular complexity index is 718. The van der Waals surface area contributed by atoms with Crippen LogP contribution in [0, 0.1) is 5.82 Å². The fraction of sp³-hybridized carbons (Fsp3) is 0.500. The molecular formula is C20H31FIN5O. The summed E-state index contributed by atoms with van der Waals surface area (Å²) in [5, 5.41) is 10.6. The lowest BCUT2D eigenvalue weighted by molar-refractivity contribution is 0.331. The first-order chi connectivity index (χ1) is 13.0. The van der Waals surface area contributed by atoms with E-state index in [2.05, 4.69) is 39.5 Å². The van der Waals surface area contributed by atoms with Gasteiger partial charge >= 0.3 is 0 Å². The number of rotatable bonds is 9. The zero-order valence-electron chi connectivity index (χ0n) is 17.0. The molecule has 2 N–H and O–H groups in total. The quantitative estimate of drug-likeness (QED) is 0.310. The fourth-order valence-corrected chi connectivity index (χ4v) is 2.52. The Hall–Kier alpha value is -1.68. The molecule has 0 amide bonds. The highest BCUT2D eigenvalue weighted by Gasteiger charge is 2.08. The van der Waals surface area contributed by atoms with E-state index in [4.69, 9.17) is 4.52 Å². The molecule has 2 aromatic rings. The van der Waals surface area contributed by atoms with Gasteiger partial charge in [0.1, 0.15) is 12.4 Å². The van der Waals surface area contributed by atoms with Crippen molar-refractivity contribution < 1.29 is 8.91 Å². The number of benzene rings is 1. The van der Waals surface area contributed by atoms with Crippen LogP contribution in [0.1, 0.15) is 43.7 Å². The van der Waals surface area contributed by atoms with Gasteiger partial charge in [-0.1, -0.05) is 31.1 Å². The predicted octanol–water partition coefficient (Wildman–Crippen LogP) is 3.74. The predicted molar refractivity (Wildman–Crippen MR) is 122 cm³/mol. The van der Waals surface area contributed by atoms with Gasteiger partial charge in [0.2, 0.25) is 0 Å². The van der Waals surface area contributed by atoms with Crippen LogP contribution in [0.3, 0.4) is 0 Å². The Labute approximate surface area is 184 Å². The number of hydrogen-bond donors (Lipinski definition) is 2. The lowest BCUT2D eigenvalue weighted by Crippen LogP contribution is -2.40. The molecule has 8 heteroatoms. The third-order valence-electron chi connectivity index (χ3n) is 4.06. The van der Waals surface area contributed by atoms with E-state index in [9.17, 15) is 4.39 Å². The van der Waals surface area contributed by atoms with Crippen molar-refractivity contribution in [3.05, 3.63) is 53.2 Å². The van der Waals surface area contributed by atoms with Gasteiger partial charge in [-0.15, -0.1) is 24.0 Å². The number of guanidine groups is 1. The van der Waals surface area contributed by atoms with E-state index in [1.807, 2.05) is 32.2 Å². The highest BCUT2D eigenvalue weighted by molar-refractivity contribution is 14.0. The Kier molecular flexibility index (Phi) is 11.1. The third kappa shape index (κ3) is 8.55. The molecule has 0 saturated heterocycles. The van der Waals surface area contributed by atoms with Crippen LogP contribution in [0.15, 0.2) is 39.8 Å². The van der Waals surface area contributed by atoms with Crippen molar-refractivity contribution in [3.63, 3.8) is 0 Å². The number of nitrogens with zero attached hydrogens (tertiary/aromatic N) is 3. The number of hydrogen-bond acceptors (Lipinski definition) is 4. The van der Waals surface area contributed by atoms with E-state index in [-0.39, 0.29) is 29.8 Å². The summed E-state index contributed by atoms with van der Waals surface area (Å²) < 4.78 is 18.3. The van der Waals surface area contributed by atoms with Crippen LogP contribution in [0.5, 0.6) is 0 Å². The molecule has 0 bridgehead atoms. The lowest BCUT2D eigenvalue weighted by Gasteiger charge is -2.18. The van der Waals surface area contributed by atoms with Gasteiger partial charge in [0.05, 0.1) is 5.69 Å². The highest BCUT2D eigenvalue weighted by Crippen LogP contribution is 2.14. The molecule has 0 fully saturated rings. The van der Waals surface area contributed by atoms with Gasteiger partial charge in [-0.2, -0.15) is 0 Å². The topological polar surface area (TPSA) is 65.7 Å². The summed E-state index contributed by atoms with van der Waals surface area (Å²) in [6.07, 6.45) is 0.